The molecule has 0 bridgehead atoms. The maximum atomic E-state index is 11.6. The van der Waals surface area contributed by atoms with E-state index in [2.05, 4.69) is 15.5 Å². The first kappa shape index (κ1) is 17.1. The predicted molar refractivity (Wildman–Crippen MR) is 78.7 cm³/mol. The van der Waals surface area contributed by atoms with E-state index in [9.17, 15) is 4.79 Å². The summed E-state index contributed by atoms with van der Waals surface area (Å²) in [7, 11) is 1.48. The van der Waals surface area contributed by atoms with E-state index in [4.69, 9.17) is 15.0 Å². The molecule has 3 N–H and O–H groups in total. The fourth-order valence-electron chi connectivity index (χ4n) is 1.58. The lowest BCUT2D eigenvalue weighted by molar-refractivity contribution is -0.123. The summed E-state index contributed by atoms with van der Waals surface area (Å²) in [6.45, 7) is 0.293. The van der Waals surface area contributed by atoms with Crippen LogP contribution in [0.5, 0.6) is 0 Å². The summed E-state index contributed by atoms with van der Waals surface area (Å²) < 4.78 is 9.86. The minimum atomic E-state index is -0.712. The van der Waals surface area contributed by atoms with Crippen LogP contribution in [-0.2, 0) is 16.1 Å². The Kier molecular flexibility index (Phi) is 6.80. The van der Waals surface area contributed by atoms with Crippen molar-refractivity contribution >= 4 is 18.3 Å². The first-order chi connectivity index (χ1) is 9.70. The molecule has 1 heterocycles. The standard InChI is InChI=1S/C13H16N4O3.ClH/c1-19-8-10(14)13(18)15-7-11-16-12(17-20-11)9-5-3-2-4-6-9;/h2-6,10H,7-8,14H2,1H3,(H,15,18);1H. The molecule has 0 aliphatic heterocycles. The number of aromatic nitrogens is 2. The van der Waals surface area contributed by atoms with Gasteiger partial charge in [-0.15, -0.1) is 12.4 Å². The molecule has 0 radical (unpaired) electrons. The van der Waals surface area contributed by atoms with Gasteiger partial charge in [-0.05, 0) is 0 Å². The Morgan fingerprint density at radius 3 is 2.81 bits per heavy atom. The lowest BCUT2D eigenvalue weighted by Crippen LogP contribution is -2.43. The van der Waals surface area contributed by atoms with Crippen LogP contribution in [0, 0.1) is 0 Å². The van der Waals surface area contributed by atoms with Crippen molar-refractivity contribution in [3.63, 3.8) is 0 Å². The van der Waals surface area contributed by atoms with Crippen LogP contribution >= 0.6 is 12.4 Å². The van der Waals surface area contributed by atoms with Crippen LogP contribution in [0.25, 0.3) is 11.4 Å². The summed E-state index contributed by atoms with van der Waals surface area (Å²) in [5, 5.41) is 6.46. The third-order valence-corrected chi connectivity index (χ3v) is 2.60. The minimum Gasteiger partial charge on any atom is -0.383 e. The van der Waals surface area contributed by atoms with Crippen molar-refractivity contribution in [3.05, 3.63) is 36.2 Å². The Hall–Kier alpha value is -1.96. The summed E-state index contributed by atoms with van der Waals surface area (Å²) in [5.41, 5.74) is 6.44. The molecule has 114 valence electrons. The molecule has 0 saturated heterocycles. The second-order valence-electron chi connectivity index (χ2n) is 4.16. The molecule has 1 aromatic carbocycles. The predicted octanol–water partition coefficient (Wildman–Crippen LogP) is 0.748. The topological polar surface area (TPSA) is 103 Å². The SMILES string of the molecule is COCC(N)C(=O)NCc1nc(-c2ccccc2)no1.Cl. The van der Waals surface area contributed by atoms with Crippen molar-refractivity contribution < 1.29 is 14.1 Å². The number of ether oxygens (including phenoxy) is 1. The average molecular weight is 313 g/mol. The van der Waals surface area contributed by atoms with Gasteiger partial charge in [-0.1, -0.05) is 35.5 Å². The summed E-state index contributed by atoms with van der Waals surface area (Å²) >= 11 is 0. The number of rotatable bonds is 6. The van der Waals surface area contributed by atoms with Gasteiger partial charge < -0.3 is 20.3 Å². The normalized spacial score (nSPS) is 11.5. The molecule has 0 spiro atoms. The molecule has 0 aliphatic carbocycles. The number of nitrogens with two attached hydrogens (primary N) is 1. The fraction of sp³-hybridized carbons (Fsp3) is 0.308. The van der Waals surface area contributed by atoms with Gasteiger partial charge in [0.05, 0.1) is 13.2 Å². The Morgan fingerprint density at radius 1 is 1.43 bits per heavy atom. The zero-order valence-electron chi connectivity index (χ0n) is 11.5. The van der Waals surface area contributed by atoms with Crippen LogP contribution in [0.15, 0.2) is 34.9 Å². The number of methoxy groups -OCH3 is 1. The van der Waals surface area contributed by atoms with Gasteiger partial charge >= 0.3 is 0 Å². The molecular formula is C13H17ClN4O3. The molecule has 2 aromatic rings. The lowest BCUT2D eigenvalue weighted by Gasteiger charge is -2.09. The van der Waals surface area contributed by atoms with Crippen LogP contribution < -0.4 is 11.1 Å². The first-order valence-electron chi connectivity index (χ1n) is 6.11. The molecule has 1 amide bonds. The zero-order valence-corrected chi connectivity index (χ0v) is 12.3. The van der Waals surface area contributed by atoms with E-state index < -0.39 is 6.04 Å². The smallest absolute Gasteiger partial charge is 0.246 e. The van der Waals surface area contributed by atoms with E-state index in [-0.39, 0.29) is 31.5 Å². The van der Waals surface area contributed by atoms with Crippen LogP contribution in [0.2, 0.25) is 0 Å². The largest absolute Gasteiger partial charge is 0.383 e. The minimum absolute atomic E-state index is 0. The van der Waals surface area contributed by atoms with Gasteiger partial charge in [0, 0.05) is 12.7 Å². The van der Waals surface area contributed by atoms with Crippen LogP contribution in [0.1, 0.15) is 5.89 Å². The maximum Gasteiger partial charge on any atom is 0.246 e. The second-order valence-corrected chi connectivity index (χ2v) is 4.16. The summed E-state index contributed by atoms with van der Waals surface area (Å²) in [6, 6.07) is 8.72. The molecule has 1 unspecified atom stereocenters. The number of nitrogens with zero attached hydrogens (tertiary/aromatic N) is 2. The van der Waals surface area contributed by atoms with E-state index in [1.807, 2.05) is 30.3 Å². The fourth-order valence-corrected chi connectivity index (χ4v) is 1.58. The molecule has 21 heavy (non-hydrogen) atoms. The number of halogens is 1. The number of benzene rings is 1. The number of amides is 1. The van der Waals surface area contributed by atoms with Crippen molar-refractivity contribution in [1.29, 1.82) is 0 Å². The summed E-state index contributed by atoms with van der Waals surface area (Å²) in [4.78, 5) is 15.8. The van der Waals surface area contributed by atoms with Gasteiger partial charge in [0.15, 0.2) is 0 Å². The molecule has 2 rings (SSSR count). The quantitative estimate of drug-likeness (QED) is 0.815. The van der Waals surface area contributed by atoms with Crippen molar-refractivity contribution in [3.8, 4) is 11.4 Å². The third-order valence-electron chi connectivity index (χ3n) is 2.60. The highest BCUT2D eigenvalue weighted by Crippen LogP contribution is 2.14. The van der Waals surface area contributed by atoms with Crippen molar-refractivity contribution in [1.82, 2.24) is 15.5 Å². The van der Waals surface area contributed by atoms with E-state index in [0.29, 0.717) is 11.7 Å². The van der Waals surface area contributed by atoms with Crippen molar-refractivity contribution in [2.24, 2.45) is 5.73 Å². The highest BCUT2D eigenvalue weighted by Gasteiger charge is 2.14. The molecule has 0 fully saturated rings. The second kappa shape index (κ2) is 8.35. The number of hydrogen-bond donors (Lipinski definition) is 2. The van der Waals surface area contributed by atoms with E-state index in [1.54, 1.807) is 0 Å². The molecule has 0 saturated carbocycles. The van der Waals surface area contributed by atoms with Crippen LogP contribution in [0.3, 0.4) is 0 Å². The lowest BCUT2D eigenvalue weighted by atomic mass is 10.2. The molecular weight excluding hydrogens is 296 g/mol. The van der Waals surface area contributed by atoms with Gasteiger partial charge in [-0.3, -0.25) is 4.79 Å². The Labute approximate surface area is 128 Å². The van der Waals surface area contributed by atoms with Gasteiger partial charge in [0.25, 0.3) is 0 Å². The Balaban J connectivity index is 0.00000220. The number of nitrogens with one attached hydrogen (secondary N) is 1. The zero-order chi connectivity index (χ0) is 14.4. The molecule has 1 aromatic heterocycles. The Bertz CT molecular complexity index is 562. The van der Waals surface area contributed by atoms with Gasteiger partial charge in [0.2, 0.25) is 17.6 Å². The Morgan fingerprint density at radius 2 is 2.14 bits per heavy atom. The maximum absolute atomic E-state index is 11.6. The third kappa shape index (κ3) is 4.82. The van der Waals surface area contributed by atoms with Crippen LogP contribution in [-0.4, -0.2) is 35.8 Å². The average Bonchev–Trinajstić information content (AvgIpc) is 2.95. The number of carbonyl (C=O) groups is 1. The van der Waals surface area contributed by atoms with Gasteiger partial charge in [-0.25, -0.2) is 0 Å². The number of carbonyl (C=O) groups excluding carboxylic acids is 1. The molecule has 0 aliphatic rings. The van der Waals surface area contributed by atoms with Crippen LogP contribution in [0.4, 0.5) is 0 Å². The first-order valence-corrected chi connectivity index (χ1v) is 6.11. The van der Waals surface area contributed by atoms with E-state index in [1.165, 1.54) is 7.11 Å². The molecule has 8 heteroatoms. The monoisotopic (exact) mass is 312 g/mol. The number of hydrogen-bond acceptors (Lipinski definition) is 6. The summed E-state index contributed by atoms with van der Waals surface area (Å²) in [6.07, 6.45) is 0. The van der Waals surface area contributed by atoms with E-state index >= 15 is 0 Å². The summed E-state index contributed by atoms with van der Waals surface area (Å²) in [5.74, 6) is 0.476. The van der Waals surface area contributed by atoms with Gasteiger partial charge in [0.1, 0.15) is 6.04 Å². The highest BCUT2D eigenvalue weighted by atomic mass is 35.5. The highest BCUT2D eigenvalue weighted by molar-refractivity contribution is 5.85. The molecule has 1 atom stereocenters. The molecule has 7 nitrogen and oxygen atoms in total. The van der Waals surface area contributed by atoms with E-state index in [0.717, 1.165) is 5.56 Å². The van der Waals surface area contributed by atoms with Gasteiger partial charge in [-0.2, -0.15) is 4.98 Å². The van der Waals surface area contributed by atoms with Crippen molar-refractivity contribution in [2.45, 2.75) is 12.6 Å². The van der Waals surface area contributed by atoms with Crippen molar-refractivity contribution in [2.75, 3.05) is 13.7 Å².